The van der Waals surface area contributed by atoms with Crippen molar-refractivity contribution in [3.8, 4) is 11.5 Å². The summed E-state index contributed by atoms with van der Waals surface area (Å²) in [5.74, 6) is 0.730. The van der Waals surface area contributed by atoms with Gasteiger partial charge in [-0.05, 0) is 18.2 Å². The monoisotopic (exact) mass is 208 g/mol. The summed E-state index contributed by atoms with van der Waals surface area (Å²) in [6.45, 7) is 0. The highest BCUT2D eigenvalue weighted by molar-refractivity contribution is 6.04. The number of methoxy groups -OCH3 is 2. The topological polar surface area (TPSA) is 52.6 Å². The van der Waals surface area contributed by atoms with Crippen molar-refractivity contribution in [2.45, 2.75) is 6.42 Å². The molecule has 0 bridgehead atoms. The molecule has 0 atom stereocenters. The first kappa shape index (κ1) is 11.2. The van der Waals surface area contributed by atoms with E-state index in [4.69, 9.17) is 9.47 Å². The molecular weight excluding hydrogens is 196 g/mol. The molecule has 0 aliphatic carbocycles. The zero-order chi connectivity index (χ0) is 11.3. The minimum Gasteiger partial charge on any atom is -0.497 e. The highest BCUT2D eigenvalue weighted by Crippen LogP contribution is 2.24. The third-order valence-corrected chi connectivity index (χ3v) is 1.98. The first-order valence-electron chi connectivity index (χ1n) is 4.41. The maximum absolute atomic E-state index is 11.5. The second-order valence-corrected chi connectivity index (χ2v) is 2.86. The molecule has 4 nitrogen and oxygen atoms in total. The molecule has 15 heavy (non-hydrogen) atoms. The molecule has 0 radical (unpaired) electrons. The summed E-state index contributed by atoms with van der Waals surface area (Å²) < 4.78 is 10.0. The summed E-state index contributed by atoms with van der Waals surface area (Å²) >= 11 is 0. The van der Waals surface area contributed by atoms with Crippen LogP contribution < -0.4 is 9.47 Å². The Hall–Kier alpha value is -1.84. The molecule has 0 heterocycles. The van der Waals surface area contributed by atoms with Gasteiger partial charge in [-0.25, -0.2) is 0 Å². The van der Waals surface area contributed by atoms with Crippen molar-refractivity contribution in [1.82, 2.24) is 0 Å². The standard InChI is InChI=1S/C11H12O4/c1-14-8-3-4-11(15-2)9(7-8)10(13)5-6-12/h3-4,6-7H,5H2,1-2H3. The van der Waals surface area contributed by atoms with Crippen molar-refractivity contribution in [1.29, 1.82) is 0 Å². The van der Waals surface area contributed by atoms with Gasteiger partial charge < -0.3 is 14.3 Å². The average molecular weight is 208 g/mol. The van der Waals surface area contributed by atoms with Gasteiger partial charge in [-0.2, -0.15) is 0 Å². The summed E-state index contributed by atoms with van der Waals surface area (Å²) in [6, 6.07) is 4.89. The van der Waals surface area contributed by atoms with Gasteiger partial charge in [0.05, 0.1) is 26.2 Å². The van der Waals surface area contributed by atoms with E-state index in [2.05, 4.69) is 0 Å². The second-order valence-electron chi connectivity index (χ2n) is 2.86. The molecule has 0 saturated carbocycles. The van der Waals surface area contributed by atoms with Crippen molar-refractivity contribution in [3.05, 3.63) is 23.8 Å². The number of ether oxygens (including phenoxy) is 2. The normalized spacial score (nSPS) is 9.47. The largest absolute Gasteiger partial charge is 0.497 e. The van der Waals surface area contributed by atoms with E-state index in [1.54, 1.807) is 18.2 Å². The smallest absolute Gasteiger partial charge is 0.173 e. The van der Waals surface area contributed by atoms with E-state index < -0.39 is 0 Å². The van der Waals surface area contributed by atoms with E-state index in [1.807, 2.05) is 0 Å². The number of Topliss-reactive ketones (excluding diaryl/α,β-unsaturated/α-hetero) is 1. The quantitative estimate of drug-likeness (QED) is 0.418. The number of aldehydes is 1. The fraction of sp³-hybridized carbons (Fsp3) is 0.273. The van der Waals surface area contributed by atoms with Crippen molar-refractivity contribution < 1.29 is 19.1 Å². The second kappa shape index (κ2) is 5.14. The van der Waals surface area contributed by atoms with Crippen LogP contribution >= 0.6 is 0 Å². The van der Waals surface area contributed by atoms with Crippen molar-refractivity contribution in [2.24, 2.45) is 0 Å². The number of rotatable bonds is 5. The lowest BCUT2D eigenvalue weighted by Gasteiger charge is -2.08. The zero-order valence-corrected chi connectivity index (χ0v) is 8.65. The predicted molar refractivity (Wildman–Crippen MR) is 54.6 cm³/mol. The van der Waals surface area contributed by atoms with Crippen molar-refractivity contribution >= 4 is 12.1 Å². The molecule has 0 unspecified atom stereocenters. The summed E-state index contributed by atoms with van der Waals surface area (Å²) in [4.78, 5) is 21.8. The zero-order valence-electron chi connectivity index (χ0n) is 8.65. The molecule has 0 N–H and O–H groups in total. The third-order valence-electron chi connectivity index (χ3n) is 1.98. The van der Waals surface area contributed by atoms with Gasteiger partial charge in [0.15, 0.2) is 5.78 Å². The van der Waals surface area contributed by atoms with Gasteiger partial charge in [-0.1, -0.05) is 0 Å². The molecule has 80 valence electrons. The van der Waals surface area contributed by atoms with Crippen LogP contribution in [0.3, 0.4) is 0 Å². The molecule has 0 aliphatic heterocycles. The molecule has 0 saturated heterocycles. The summed E-state index contributed by atoms with van der Waals surface area (Å²) in [6.07, 6.45) is 0.421. The Morgan fingerprint density at radius 3 is 2.60 bits per heavy atom. The average Bonchev–Trinajstić information content (AvgIpc) is 2.28. The van der Waals surface area contributed by atoms with E-state index in [-0.39, 0.29) is 12.2 Å². The van der Waals surface area contributed by atoms with Crippen LogP contribution in [0.2, 0.25) is 0 Å². The van der Waals surface area contributed by atoms with Gasteiger partial charge in [-0.15, -0.1) is 0 Å². The number of carbonyl (C=O) groups is 2. The van der Waals surface area contributed by atoms with Gasteiger partial charge in [-0.3, -0.25) is 4.79 Å². The van der Waals surface area contributed by atoms with Crippen LogP contribution in [0.1, 0.15) is 16.8 Å². The van der Waals surface area contributed by atoms with Crippen LogP contribution in [0.25, 0.3) is 0 Å². The molecular formula is C11H12O4. The fourth-order valence-electron chi connectivity index (χ4n) is 1.22. The molecule has 0 aromatic heterocycles. The van der Waals surface area contributed by atoms with E-state index in [1.165, 1.54) is 14.2 Å². The number of benzene rings is 1. The highest BCUT2D eigenvalue weighted by Gasteiger charge is 2.12. The summed E-state index contributed by atoms with van der Waals surface area (Å²) in [7, 11) is 2.98. The maximum Gasteiger partial charge on any atom is 0.173 e. The lowest BCUT2D eigenvalue weighted by molar-refractivity contribution is -0.107. The summed E-state index contributed by atoms with van der Waals surface area (Å²) in [5, 5.41) is 0. The first-order valence-corrected chi connectivity index (χ1v) is 4.41. The van der Waals surface area contributed by atoms with E-state index >= 15 is 0 Å². The molecule has 0 amide bonds. The molecule has 0 spiro atoms. The van der Waals surface area contributed by atoms with E-state index in [0.717, 1.165) is 0 Å². The van der Waals surface area contributed by atoms with Gasteiger partial charge in [0.1, 0.15) is 17.8 Å². The maximum atomic E-state index is 11.5. The number of hydrogen-bond donors (Lipinski definition) is 0. The third kappa shape index (κ3) is 2.56. The number of carbonyl (C=O) groups excluding carboxylic acids is 2. The molecule has 1 aromatic carbocycles. The first-order chi connectivity index (χ1) is 7.22. The molecule has 1 rings (SSSR count). The van der Waals surface area contributed by atoms with E-state index in [9.17, 15) is 9.59 Å². The minimum atomic E-state index is -0.277. The van der Waals surface area contributed by atoms with Gasteiger partial charge >= 0.3 is 0 Å². The Kier molecular flexibility index (Phi) is 3.85. The van der Waals surface area contributed by atoms with Crippen LogP contribution in [0, 0.1) is 0 Å². The SMILES string of the molecule is COc1ccc(OC)c(C(=O)CC=O)c1. The summed E-state index contributed by atoms with van der Waals surface area (Å²) in [5.41, 5.74) is 0.365. The molecule has 0 fully saturated rings. The molecule has 1 aromatic rings. The van der Waals surface area contributed by atoms with Gasteiger partial charge in [0.25, 0.3) is 0 Å². The van der Waals surface area contributed by atoms with E-state index in [0.29, 0.717) is 23.3 Å². The minimum absolute atomic E-state index is 0.149. The fourth-order valence-corrected chi connectivity index (χ4v) is 1.22. The molecule has 4 heteroatoms. The molecule has 0 aliphatic rings. The van der Waals surface area contributed by atoms with Gasteiger partial charge in [0.2, 0.25) is 0 Å². The van der Waals surface area contributed by atoms with Crippen LogP contribution in [-0.2, 0) is 4.79 Å². The Bertz CT molecular complexity index is 371. The van der Waals surface area contributed by atoms with Crippen molar-refractivity contribution in [2.75, 3.05) is 14.2 Å². The van der Waals surface area contributed by atoms with Crippen LogP contribution in [0.5, 0.6) is 11.5 Å². The Balaban J connectivity index is 3.10. The lowest BCUT2D eigenvalue weighted by Crippen LogP contribution is -2.03. The highest BCUT2D eigenvalue weighted by atomic mass is 16.5. The lowest BCUT2D eigenvalue weighted by atomic mass is 10.1. The Morgan fingerprint density at radius 2 is 2.07 bits per heavy atom. The Labute approximate surface area is 87.8 Å². The van der Waals surface area contributed by atoms with Crippen molar-refractivity contribution in [3.63, 3.8) is 0 Å². The van der Waals surface area contributed by atoms with Crippen LogP contribution in [0.4, 0.5) is 0 Å². The Morgan fingerprint density at radius 1 is 1.33 bits per heavy atom. The number of ketones is 1. The number of hydrogen-bond acceptors (Lipinski definition) is 4. The predicted octanol–water partition coefficient (Wildman–Crippen LogP) is 1.48. The van der Waals surface area contributed by atoms with Crippen LogP contribution in [0.15, 0.2) is 18.2 Å². The van der Waals surface area contributed by atoms with Crippen LogP contribution in [-0.4, -0.2) is 26.3 Å². The van der Waals surface area contributed by atoms with Gasteiger partial charge in [0, 0.05) is 0 Å².